The second kappa shape index (κ2) is 6.62. The van der Waals surface area contributed by atoms with Gasteiger partial charge in [-0.05, 0) is 35.7 Å². The summed E-state index contributed by atoms with van der Waals surface area (Å²) < 4.78 is 0. The van der Waals surface area contributed by atoms with Gasteiger partial charge in [0.1, 0.15) is 0 Å². The summed E-state index contributed by atoms with van der Waals surface area (Å²) in [5.41, 5.74) is 1.20. The van der Waals surface area contributed by atoms with Gasteiger partial charge in [0.15, 0.2) is 0 Å². The standard InChI is InChI=1S/C17H18Cl2O/c1-2-17(20,11-13-6-4-3-5-7-13)12-14-10-15(18)8-9-16(14)19/h3-10,20H,2,11-12H2,1H3. The maximum Gasteiger partial charge on any atom is 0.0726 e. The van der Waals surface area contributed by atoms with Crippen LogP contribution in [-0.2, 0) is 12.8 Å². The summed E-state index contributed by atoms with van der Waals surface area (Å²) in [6.07, 6.45) is 1.76. The molecule has 1 nitrogen and oxygen atoms in total. The van der Waals surface area contributed by atoms with E-state index in [4.69, 9.17) is 23.2 Å². The molecule has 2 rings (SSSR count). The van der Waals surface area contributed by atoms with E-state index in [0.717, 1.165) is 11.1 Å². The third-order valence-corrected chi connectivity index (χ3v) is 4.17. The third-order valence-electron chi connectivity index (χ3n) is 3.56. The summed E-state index contributed by atoms with van der Waals surface area (Å²) in [4.78, 5) is 0. The van der Waals surface area contributed by atoms with Crippen molar-refractivity contribution < 1.29 is 5.11 Å². The number of hydrogen-bond acceptors (Lipinski definition) is 1. The maximum atomic E-state index is 10.8. The summed E-state index contributed by atoms with van der Waals surface area (Å²) in [7, 11) is 0. The van der Waals surface area contributed by atoms with Crippen LogP contribution in [0.4, 0.5) is 0 Å². The van der Waals surface area contributed by atoms with Crippen molar-refractivity contribution in [1.82, 2.24) is 0 Å². The molecule has 0 aliphatic rings. The van der Waals surface area contributed by atoms with Crippen molar-refractivity contribution in [1.29, 1.82) is 0 Å². The smallest absolute Gasteiger partial charge is 0.0726 e. The summed E-state index contributed by atoms with van der Waals surface area (Å²) >= 11 is 12.2. The fraction of sp³-hybridized carbons (Fsp3) is 0.294. The Morgan fingerprint density at radius 1 is 1.00 bits per heavy atom. The van der Waals surface area contributed by atoms with Crippen LogP contribution in [-0.4, -0.2) is 10.7 Å². The third kappa shape index (κ3) is 3.99. The van der Waals surface area contributed by atoms with Gasteiger partial charge in [-0.25, -0.2) is 0 Å². The van der Waals surface area contributed by atoms with Crippen LogP contribution in [0.3, 0.4) is 0 Å². The molecule has 0 saturated heterocycles. The van der Waals surface area contributed by atoms with Crippen LogP contribution in [0.2, 0.25) is 10.0 Å². The highest BCUT2D eigenvalue weighted by Crippen LogP contribution is 2.28. The van der Waals surface area contributed by atoms with Crippen molar-refractivity contribution in [2.45, 2.75) is 31.8 Å². The lowest BCUT2D eigenvalue weighted by Gasteiger charge is -2.27. The first-order chi connectivity index (χ1) is 9.52. The quantitative estimate of drug-likeness (QED) is 0.831. The lowest BCUT2D eigenvalue weighted by Crippen LogP contribution is -2.33. The van der Waals surface area contributed by atoms with Crippen LogP contribution in [0.5, 0.6) is 0 Å². The van der Waals surface area contributed by atoms with Crippen molar-refractivity contribution in [3.8, 4) is 0 Å². The van der Waals surface area contributed by atoms with E-state index in [-0.39, 0.29) is 0 Å². The Balaban J connectivity index is 2.20. The topological polar surface area (TPSA) is 20.2 Å². The fourth-order valence-corrected chi connectivity index (χ4v) is 2.70. The minimum Gasteiger partial charge on any atom is -0.389 e. The van der Waals surface area contributed by atoms with Crippen molar-refractivity contribution in [2.75, 3.05) is 0 Å². The molecule has 3 heteroatoms. The van der Waals surface area contributed by atoms with E-state index in [1.165, 1.54) is 0 Å². The second-order valence-corrected chi connectivity index (χ2v) is 6.00. The molecule has 0 heterocycles. The molecule has 2 aromatic rings. The lowest BCUT2D eigenvalue weighted by atomic mass is 9.86. The first-order valence-electron chi connectivity index (χ1n) is 6.73. The Hall–Kier alpha value is -1.02. The van der Waals surface area contributed by atoms with Crippen LogP contribution in [0, 0.1) is 0 Å². The van der Waals surface area contributed by atoms with Gasteiger partial charge in [-0.2, -0.15) is 0 Å². The summed E-state index contributed by atoms with van der Waals surface area (Å²) in [5, 5.41) is 12.1. The molecule has 0 amide bonds. The Bertz CT molecular complexity index is 568. The SMILES string of the molecule is CCC(O)(Cc1ccccc1)Cc1cc(Cl)ccc1Cl. The molecule has 1 unspecified atom stereocenters. The van der Waals surface area contributed by atoms with E-state index < -0.39 is 5.60 Å². The average Bonchev–Trinajstić information content (AvgIpc) is 2.44. The minimum atomic E-state index is -0.810. The molecule has 0 spiro atoms. The predicted molar refractivity (Wildman–Crippen MR) is 85.6 cm³/mol. The Morgan fingerprint density at radius 2 is 1.70 bits per heavy atom. The highest BCUT2D eigenvalue weighted by Gasteiger charge is 2.26. The number of rotatable bonds is 5. The van der Waals surface area contributed by atoms with Gasteiger partial charge >= 0.3 is 0 Å². The monoisotopic (exact) mass is 308 g/mol. The molecule has 0 aliphatic heterocycles. The number of aliphatic hydroxyl groups is 1. The van der Waals surface area contributed by atoms with Gasteiger partial charge in [0.25, 0.3) is 0 Å². The van der Waals surface area contributed by atoms with Gasteiger partial charge < -0.3 is 5.11 Å². The first kappa shape index (κ1) is 15.4. The van der Waals surface area contributed by atoms with Gasteiger partial charge in [-0.15, -0.1) is 0 Å². The molecule has 20 heavy (non-hydrogen) atoms. The normalized spacial score (nSPS) is 14.0. The molecule has 0 radical (unpaired) electrons. The number of halogens is 2. The second-order valence-electron chi connectivity index (χ2n) is 5.15. The highest BCUT2D eigenvalue weighted by atomic mass is 35.5. The average molecular weight is 309 g/mol. The molecule has 106 valence electrons. The van der Waals surface area contributed by atoms with Crippen LogP contribution in [0.15, 0.2) is 48.5 Å². The summed E-state index contributed by atoms with van der Waals surface area (Å²) in [6.45, 7) is 1.99. The Labute approximate surface area is 130 Å². The van der Waals surface area contributed by atoms with E-state index in [1.807, 2.05) is 43.3 Å². The molecule has 0 saturated carbocycles. The zero-order valence-electron chi connectivity index (χ0n) is 11.4. The van der Waals surface area contributed by atoms with E-state index in [9.17, 15) is 5.11 Å². The number of hydrogen-bond donors (Lipinski definition) is 1. The molecule has 1 N–H and O–H groups in total. The van der Waals surface area contributed by atoms with Crippen LogP contribution in [0.25, 0.3) is 0 Å². The summed E-state index contributed by atoms with van der Waals surface area (Å²) in [6, 6.07) is 15.4. The number of benzene rings is 2. The molecule has 0 aromatic heterocycles. The molecule has 0 bridgehead atoms. The van der Waals surface area contributed by atoms with Gasteiger partial charge in [0, 0.05) is 22.9 Å². The van der Waals surface area contributed by atoms with E-state index >= 15 is 0 Å². The Morgan fingerprint density at radius 3 is 2.35 bits per heavy atom. The zero-order chi connectivity index (χ0) is 14.6. The van der Waals surface area contributed by atoms with E-state index in [0.29, 0.717) is 29.3 Å². The molecular weight excluding hydrogens is 291 g/mol. The van der Waals surface area contributed by atoms with E-state index in [1.54, 1.807) is 12.1 Å². The van der Waals surface area contributed by atoms with Crippen molar-refractivity contribution in [3.05, 3.63) is 69.7 Å². The molecular formula is C17H18Cl2O. The molecule has 0 fully saturated rings. The fourth-order valence-electron chi connectivity index (χ4n) is 2.32. The lowest BCUT2D eigenvalue weighted by molar-refractivity contribution is 0.0369. The molecule has 0 aliphatic carbocycles. The van der Waals surface area contributed by atoms with Crippen molar-refractivity contribution >= 4 is 23.2 Å². The largest absolute Gasteiger partial charge is 0.389 e. The Kier molecular flexibility index (Phi) is 5.09. The predicted octanol–water partition coefficient (Wildman–Crippen LogP) is 4.92. The van der Waals surface area contributed by atoms with Crippen molar-refractivity contribution in [3.63, 3.8) is 0 Å². The van der Waals surface area contributed by atoms with Crippen molar-refractivity contribution in [2.24, 2.45) is 0 Å². The highest BCUT2D eigenvalue weighted by molar-refractivity contribution is 6.33. The van der Waals surface area contributed by atoms with Gasteiger partial charge in [0.05, 0.1) is 5.60 Å². The first-order valence-corrected chi connectivity index (χ1v) is 7.48. The molecule has 2 aromatic carbocycles. The van der Waals surface area contributed by atoms with E-state index in [2.05, 4.69) is 0 Å². The maximum absolute atomic E-state index is 10.8. The van der Waals surface area contributed by atoms with Crippen LogP contribution in [0.1, 0.15) is 24.5 Å². The van der Waals surface area contributed by atoms with Crippen LogP contribution >= 0.6 is 23.2 Å². The zero-order valence-corrected chi connectivity index (χ0v) is 13.0. The van der Waals surface area contributed by atoms with Gasteiger partial charge in [0.2, 0.25) is 0 Å². The van der Waals surface area contributed by atoms with Crippen LogP contribution < -0.4 is 0 Å². The van der Waals surface area contributed by atoms with Gasteiger partial charge in [-0.3, -0.25) is 0 Å². The minimum absolute atomic E-state index is 0.498. The molecule has 1 atom stereocenters. The summed E-state index contributed by atoms with van der Waals surface area (Å²) in [5.74, 6) is 0. The van der Waals surface area contributed by atoms with Gasteiger partial charge in [-0.1, -0.05) is 60.5 Å².